The Morgan fingerprint density at radius 3 is 2.50 bits per heavy atom. The van der Waals surface area contributed by atoms with E-state index in [9.17, 15) is 0 Å². The molecule has 0 saturated heterocycles. The van der Waals surface area contributed by atoms with Crippen LogP contribution in [-0.2, 0) is 0 Å². The Bertz CT molecular complexity index is 546. The largest absolute Gasteiger partial charge is 0.235 e. The van der Waals surface area contributed by atoms with Gasteiger partial charge in [-0.1, -0.05) is 34.8 Å². The van der Waals surface area contributed by atoms with Crippen LogP contribution in [0.1, 0.15) is 0 Å². The summed E-state index contributed by atoms with van der Waals surface area (Å²) in [7, 11) is 0. The fourth-order valence-electron chi connectivity index (χ4n) is 1.15. The van der Waals surface area contributed by atoms with E-state index in [-0.39, 0.29) is 0 Å². The third kappa shape index (κ3) is 2.48. The Hall–Kier alpha value is -0.350. The summed E-state index contributed by atoms with van der Waals surface area (Å²) < 4.78 is 0.642. The average Bonchev–Trinajstić information content (AvgIpc) is 2.22. The van der Waals surface area contributed by atoms with Crippen LogP contribution < -0.4 is 0 Å². The molecule has 2 nitrogen and oxygen atoms in total. The number of hydrogen-bond acceptors (Lipinski definition) is 2. The smallest absolute Gasteiger partial charge is 0.162 e. The van der Waals surface area contributed by atoms with Crippen LogP contribution in [0.3, 0.4) is 0 Å². The van der Waals surface area contributed by atoms with Crippen molar-refractivity contribution in [3.63, 3.8) is 0 Å². The summed E-state index contributed by atoms with van der Waals surface area (Å²) >= 11 is 20.9. The zero-order chi connectivity index (χ0) is 11.7. The molecule has 82 valence electrons. The van der Waals surface area contributed by atoms with Crippen LogP contribution in [0.5, 0.6) is 0 Å². The van der Waals surface area contributed by atoms with Crippen molar-refractivity contribution in [3.05, 3.63) is 44.1 Å². The lowest BCUT2D eigenvalue weighted by Crippen LogP contribution is -1.90. The van der Waals surface area contributed by atoms with Gasteiger partial charge in [-0.05, 0) is 34.1 Å². The summed E-state index contributed by atoms with van der Waals surface area (Å²) in [5.41, 5.74) is 0.695. The lowest BCUT2D eigenvalue weighted by atomic mass is 10.2. The van der Waals surface area contributed by atoms with Gasteiger partial charge in [-0.15, -0.1) is 0 Å². The Morgan fingerprint density at radius 2 is 1.88 bits per heavy atom. The van der Waals surface area contributed by atoms with E-state index in [2.05, 4.69) is 25.9 Å². The topological polar surface area (TPSA) is 25.8 Å². The fourth-order valence-corrected chi connectivity index (χ4v) is 1.96. The van der Waals surface area contributed by atoms with Gasteiger partial charge in [0, 0.05) is 16.8 Å². The van der Waals surface area contributed by atoms with Crippen molar-refractivity contribution in [2.24, 2.45) is 0 Å². The highest BCUT2D eigenvalue weighted by Crippen LogP contribution is 2.29. The number of aromatic nitrogens is 2. The third-order valence-electron chi connectivity index (χ3n) is 1.87. The highest BCUT2D eigenvalue weighted by molar-refractivity contribution is 9.10. The molecule has 1 aromatic heterocycles. The van der Waals surface area contributed by atoms with Crippen LogP contribution in [0.4, 0.5) is 0 Å². The molecule has 0 N–H and O–H groups in total. The Kier molecular flexibility index (Phi) is 3.70. The minimum absolute atomic E-state index is 0.344. The standard InChI is InChI=1S/C10H4BrCl3N2/c11-7-4-15-10(16-9(7)14)6-2-1-5(12)3-8(6)13/h1-4H. The molecule has 0 amide bonds. The number of rotatable bonds is 1. The van der Waals surface area contributed by atoms with E-state index < -0.39 is 0 Å². The highest BCUT2D eigenvalue weighted by atomic mass is 79.9. The van der Waals surface area contributed by atoms with E-state index in [1.54, 1.807) is 24.4 Å². The maximum atomic E-state index is 6.04. The number of benzene rings is 1. The molecule has 0 aliphatic heterocycles. The van der Waals surface area contributed by atoms with Gasteiger partial charge in [0.1, 0.15) is 5.15 Å². The summed E-state index contributed by atoms with van der Waals surface area (Å²) in [5.74, 6) is 0.467. The molecule has 0 aliphatic rings. The molecule has 16 heavy (non-hydrogen) atoms. The number of hydrogen-bond donors (Lipinski definition) is 0. The summed E-state index contributed by atoms with van der Waals surface area (Å²) in [6.07, 6.45) is 1.58. The van der Waals surface area contributed by atoms with Crippen LogP contribution >= 0.6 is 50.7 Å². The van der Waals surface area contributed by atoms with E-state index in [0.717, 1.165) is 0 Å². The second-order valence-electron chi connectivity index (χ2n) is 2.96. The molecular formula is C10H4BrCl3N2. The molecule has 0 radical (unpaired) electrons. The molecule has 0 bridgehead atoms. The van der Waals surface area contributed by atoms with Crippen molar-refractivity contribution in [2.45, 2.75) is 0 Å². The van der Waals surface area contributed by atoms with Gasteiger partial charge in [-0.25, -0.2) is 9.97 Å². The molecule has 2 aromatic rings. The molecule has 2 rings (SSSR count). The minimum Gasteiger partial charge on any atom is -0.235 e. The van der Waals surface area contributed by atoms with Crippen molar-refractivity contribution in [1.29, 1.82) is 0 Å². The first-order chi connectivity index (χ1) is 7.58. The number of nitrogens with zero attached hydrogens (tertiary/aromatic N) is 2. The summed E-state index contributed by atoms with van der Waals surface area (Å²) in [6, 6.07) is 5.12. The van der Waals surface area contributed by atoms with Gasteiger partial charge in [-0.2, -0.15) is 0 Å². The van der Waals surface area contributed by atoms with E-state index in [4.69, 9.17) is 34.8 Å². The molecule has 1 aromatic carbocycles. The molecule has 0 atom stereocenters. The second kappa shape index (κ2) is 4.88. The molecule has 1 heterocycles. The van der Waals surface area contributed by atoms with Crippen molar-refractivity contribution < 1.29 is 0 Å². The molecular weight excluding hydrogens is 334 g/mol. The Balaban J connectivity index is 2.54. The first-order valence-electron chi connectivity index (χ1n) is 4.21. The van der Waals surface area contributed by atoms with Crippen molar-refractivity contribution in [2.75, 3.05) is 0 Å². The van der Waals surface area contributed by atoms with Crippen LogP contribution in [0.2, 0.25) is 15.2 Å². The van der Waals surface area contributed by atoms with Gasteiger partial charge in [0.05, 0.1) is 9.50 Å². The predicted octanol–water partition coefficient (Wildman–Crippen LogP) is 4.87. The molecule has 0 aliphatic carbocycles. The summed E-state index contributed by atoms with van der Waals surface area (Å²) in [5, 5.41) is 1.40. The fraction of sp³-hybridized carbons (Fsp3) is 0. The lowest BCUT2D eigenvalue weighted by molar-refractivity contribution is 1.16. The first kappa shape index (κ1) is 12.1. The lowest BCUT2D eigenvalue weighted by Gasteiger charge is -2.04. The predicted molar refractivity (Wildman–Crippen MR) is 70.2 cm³/mol. The maximum absolute atomic E-state index is 6.04. The van der Waals surface area contributed by atoms with Gasteiger partial charge in [0.25, 0.3) is 0 Å². The minimum atomic E-state index is 0.344. The zero-order valence-electron chi connectivity index (χ0n) is 7.72. The van der Waals surface area contributed by atoms with E-state index in [1.165, 1.54) is 0 Å². The van der Waals surface area contributed by atoms with Crippen LogP contribution in [-0.4, -0.2) is 9.97 Å². The van der Waals surface area contributed by atoms with E-state index in [0.29, 0.717) is 31.1 Å². The molecule has 0 unspecified atom stereocenters. The summed E-state index contributed by atoms with van der Waals surface area (Å²) in [4.78, 5) is 8.24. The molecule has 6 heteroatoms. The van der Waals surface area contributed by atoms with Crippen LogP contribution in [0.25, 0.3) is 11.4 Å². The monoisotopic (exact) mass is 336 g/mol. The summed E-state index contributed by atoms with van der Waals surface area (Å²) in [6.45, 7) is 0. The van der Waals surface area contributed by atoms with E-state index >= 15 is 0 Å². The third-order valence-corrected chi connectivity index (χ3v) is 3.52. The zero-order valence-corrected chi connectivity index (χ0v) is 11.6. The van der Waals surface area contributed by atoms with Gasteiger partial charge < -0.3 is 0 Å². The van der Waals surface area contributed by atoms with Gasteiger partial charge in [0.15, 0.2) is 5.82 Å². The normalized spacial score (nSPS) is 10.5. The highest BCUT2D eigenvalue weighted by Gasteiger charge is 2.09. The Labute approximate surface area is 116 Å². The number of halogens is 4. The Morgan fingerprint density at radius 1 is 1.12 bits per heavy atom. The van der Waals surface area contributed by atoms with Crippen molar-refractivity contribution in [1.82, 2.24) is 9.97 Å². The average molecular weight is 338 g/mol. The maximum Gasteiger partial charge on any atom is 0.162 e. The molecule has 0 fully saturated rings. The quantitative estimate of drug-likeness (QED) is 0.694. The molecule has 0 saturated carbocycles. The van der Waals surface area contributed by atoms with Crippen molar-refractivity contribution >= 4 is 50.7 Å². The van der Waals surface area contributed by atoms with Crippen LogP contribution in [0.15, 0.2) is 28.9 Å². The first-order valence-corrected chi connectivity index (χ1v) is 6.14. The van der Waals surface area contributed by atoms with Crippen molar-refractivity contribution in [3.8, 4) is 11.4 Å². The molecule has 0 spiro atoms. The van der Waals surface area contributed by atoms with Crippen LogP contribution in [0, 0.1) is 0 Å². The van der Waals surface area contributed by atoms with E-state index in [1.807, 2.05) is 0 Å². The van der Waals surface area contributed by atoms with Gasteiger partial charge in [0.2, 0.25) is 0 Å². The SMILES string of the molecule is Clc1ccc(-c2ncc(Br)c(Cl)n2)c(Cl)c1. The van der Waals surface area contributed by atoms with Gasteiger partial charge >= 0.3 is 0 Å². The second-order valence-corrected chi connectivity index (χ2v) is 5.01. The van der Waals surface area contributed by atoms with Gasteiger partial charge in [-0.3, -0.25) is 0 Å².